The molecule has 9 nitrogen and oxygen atoms in total. The van der Waals surface area contributed by atoms with Gasteiger partial charge in [-0.25, -0.2) is 14.8 Å². The lowest BCUT2D eigenvalue weighted by Gasteiger charge is -2.42. The lowest BCUT2D eigenvalue weighted by molar-refractivity contribution is -0.140. The van der Waals surface area contributed by atoms with Gasteiger partial charge in [-0.1, -0.05) is 27.2 Å². The molecule has 3 aliphatic rings. The van der Waals surface area contributed by atoms with Crippen LogP contribution in [0.15, 0.2) is 18.5 Å². The first-order chi connectivity index (χ1) is 15.3. The average Bonchev–Trinajstić information content (AvgIpc) is 3.04. The summed E-state index contributed by atoms with van der Waals surface area (Å²) in [5.41, 5.74) is -0.600. The predicted molar refractivity (Wildman–Crippen MR) is 120 cm³/mol. The van der Waals surface area contributed by atoms with E-state index < -0.39 is 11.6 Å². The number of urea groups is 1. The quantitative estimate of drug-likeness (QED) is 0.701. The smallest absolute Gasteiger partial charge is 0.325 e. The van der Waals surface area contributed by atoms with Crippen molar-refractivity contribution >= 4 is 23.8 Å². The number of aromatic nitrogens is 2. The van der Waals surface area contributed by atoms with Crippen LogP contribution in [0, 0.1) is 11.3 Å². The first kappa shape index (κ1) is 22.5. The molecule has 0 atom stereocenters. The van der Waals surface area contributed by atoms with Gasteiger partial charge in [-0.15, -0.1) is 0 Å². The number of rotatable bonds is 5. The van der Waals surface area contributed by atoms with Gasteiger partial charge in [0.15, 0.2) is 0 Å². The molecule has 9 heteroatoms. The van der Waals surface area contributed by atoms with Crippen LogP contribution < -0.4 is 10.2 Å². The van der Waals surface area contributed by atoms with Crippen molar-refractivity contribution in [2.24, 2.45) is 11.3 Å². The van der Waals surface area contributed by atoms with Gasteiger partial charge in [0.1, 0.15) is 12.1 Å². The standard InChI is InChI=1S/C23H34N6O3/c1-4-22(2,3)17-6-8-23(9-7-17)19(31)29(21(32)26-23)16-18(30)27-12-14-28(15-13-27)20-24-10-5-11-25-20/h5,10-11,17H,4,6-9,12-16H2,1-3H3,(H,26,32). The predicted octanol–water partition coefficient (Wildman–Crippen LogP) is 2.04. The summed E-state index contributed by atoms with van der Waals surface area (Å²) in [7, 11) is 0. The molecule has 4 amide bonds. The van der Waals surface area contributed by atoms with E-state index in [4.69, 9.17) is 0 Å². The highest BCUT2D eigenvalue weighted by Gasteiger charge is 2.54. The molecular weight excluding hydrogens is 408 g/mol. The van der Waals surface area contributed by atoms with Gasteiger partial charge in [0.2, 0.25) is 11.9 Å². The minimum atomic E-state index is -0.832. The number of imide groups is 1. The summed E-state index contributed by atoms with van der Waals surface area (Å²) in [6, 6.07) is 1.33. The Hall–Kier alpha value is -2.71. The maximum Gasteiger partial charge on any atom is 0.325 e. The molecule has 1 aromatic rings. The van der Waals surface area contributed by atoms with Crippen LogP contribution >= 0.6 is 0 Å². The van der Waals surface area contributed by atoms with Crippen molar-refractivity contribution in [1.82, 2.24) is 25.1 Å². The molecule has 1 N–H and O–H groups in total. The van der Waals surface area contributed by atoms with Crippen LogP contribution in [0.2, 0.25) is 0 Å². The first-order valence-corrected chi connectivity index (χ1v) is 11.7. The summed E-state index contributed by atoms with van der Waals surface area (Å²) in [6.07, 6.45) is 7.61. The zero-order valence-corrected chi connectivity index (χ0v) is 19.3. The van der Waals surface area contributed by atoms with E-state index in [1.165, 1.54) is 0 Å². The van der Waals surface area contributed by atoms with E-state index in [2.05, 4.69) is 36.1 Å². The summed E-state index contributed by atoms with van der Waals surface area (Å²) in [5, 5.41) is 2.94. The number of piperazine rings is 1. The van der Waals surface area contributed by atoms with E-state index in [0.717, 1.165) is 24.2 Å². The molecule has 0 bridgehead atoms. The fourth-order valence-corrected chi connectivity index (χ4v) is 5.19. The molecule has 0 unspecified atom stereocenters. The van der Waals surface area contributed by atoms with Crippen molar-refractivity contribution < 1.29 is 14.4 Å². The first-order valence-electron chi connectivity index (χ1n) is 11.7. The van der Waals surface area contributed by atoms with Crippen molar-refractivity contribution in [3.8, 4) is 0 Å². The van der Waals surface area contributed by atoms with Gasteiger partial charge >= 0.3 is 6.03 Å². The van der Waals surface area contributed by atoms with Gasteiger partial charge in [-0.05, 0) is 43.1 Å². The number of hydrogen-bond acceptors (Lipinski definition) is 6. The maximum absolute atomic E-state index is 13.2. The zero-order chi connectivity index (χ0) is 22.9. The van der Waals surface area contributed by atoms with Gasteiger partial charge in [-0.3, -0.25) is 14.5 Å². The Morgan fingerprint density at radius 3 is 2.34 bits per heavy atom. The Morgan fingerprint density at radius 1 is 1.12 bits per heavy atom. The normalized spacial score (nSPS) is 26.6. The molecule has 2 saturated heterocycles. The van der Waals surface area contributed by atoms with E-state index >= 15 is 0 Å². The van der Waals surface area contributed by atoms with E-state index in [0.29, 0.717) is 50.9 Å². The van der Waals surface area contributed by atoms with E-state index in [1.807, 2.05) is 4.90 Å². The lowest BCUT2D eigenvalue weighted by Crippen LogP contribution is -2.53. The second-order valence-corrected chi connectivity index (χ2v) is 9.94. The Bertz CT molecular complexity index is 858. The third-order valence-corrected chi connectivity index (χ3v) is 7.86. The van der Waals surface area contributed by atoms with Gasteiger partial charge < -0.3 is 15.1 Å². The van der Waals surface area contributed by atoms with Crippen LogP contribution in [0.25, 0.3) is 0 Å². The van der Waals surface area contributed by atoms with Crippen LogP contribution in [-0.2, 0) is 9.59 Å². The largest absolute Gasteiger partial charge is 0.338 e. The lowest BCUT2D eigenvalue weighted by atomic mass is 9.65. The number of carbonyl (C=O) groups excluding carboxylic acids is 3. The Kier molecular flexibility index (Phi) is 6.09. The van der Waals surface area contributed by atoms with E-state index in [-0.39, 0.29) is 23.8 Å². The molecule has 4 rings (SSSR count). The highest BCUT2D eigenvalue weighted by atomic mass is 16.2. The van der Waals surface area contributed by atoms with Crippen LogP contribution in [0.3, 0.4) is 0 Å². The summed E-state index contributed by atoms with van der Waals surface area (Å²) in [6.45, 7) is 8.83. The van der Waals surface area contributed by atoms with Crippen LogP contribution in [0.4, 0.5) is 10.7 Å². The van der Waals surface area contributed by atoms with Crippen molar-refractivity contribution in [2.45, 2.75) is 58.4 Å². The van der Waals surface area contributed by atoms with Crippen LogP contribution in [-0.4, -0.2) is 75.9 Å². The van der Waals surface area contributed by atoms with Gasteiger partial charge in [0, 0.05) is 38.6 Å². The maximum atomic E-state index is 13.2. The fourth-order valence-electron chi connectivity index (χ4n) is 5.19. The van der Waals surface area contributed by atoms with E-state index in [1.54, 1.807) is 23.4 Å². The Morgan fingerprint density at radius 2 is 1.75 bits per heavy atom. The van der Waals surface area contributed by atoms with Gasteiger partial charge in [0.05, 0.1) is 0 Å². The zero-order valence-electron chi connectivity index (χ0n) is 19.3. The second kappa shape index (κ2) is 8.67. The van der Waals surface area contributed by atoms with Crippen molar-refractivity contribution in [3.63, 3.8) is 0 Å². The summed E-state index contributed by atoms with van der Waals surface area (Å²) < 4.78 is 0. The summed E-state index contributed by atoms with van der Waals surface area (Å²) >= 11 is 0. The number of nitrogens with zero attached hydrogens (tertiary/aromatic N) is 5. The molecule has 2 aliphatic heterocycles. The monoisotopic (exact) mass is 442 g/mol. The molecule has 1 aromatic heterocycles. The molecule has 3 fully saturated rings. The highest BCUT2D eigenvalue weighted by Crippen LogP contribution is 2.45. The molecular formula is C23H34N6O3. The number of amides is 4. The molecule has 0 radical (unpaired) electrons. The second-order valence-electron chi connectivity index (χ2n) is 9.94. The third-order valence-electron chi connectivity index (χ3n) is 7.86. The van der Waals surface area contributed by atoms with Gasteiger partial charge in [-0.2, -0.15) is 0 Å². The number of carbonyl (C=O) groups is 3. The summed E-state index contributed by atoms with van der Waals surface area (Å²) in [4.78, 5) is 52.1. The molecule has 32 heavy (non-hydrogen) atoms. The highest BCUT2D eigenvalue weighted by molar-refractivity contribution is 6.09. The molecule has 0 aromatic carbocycles. The molecule has 3 heterocycles. The molecule has 174 valence electrons. The van der Waals surface area contributed by atoms with E-state index in [9.17, 15) is 14.4 Å². The average molecular weight is 443 g/mol. The van der Waals surface area contributed by atoms with Crippen molar-refractivity contribution in [2.75, 3.05) is 37.6 Å². The number of nitrogens with one attached hydrogen (secondary N) is 1. The minimum Gasteiger partial charge on any atom is -0.338 e. The number of hydrogen-bond donors (Lipinski definition) is 1. The third kappa shape index (κ3) is 4.17. The van der Waals surface area contributed by atoms with Crippen molar-refractivity contribution in [1.29, 1.82) is 0 Å². The van der Waals surface area contributed by atoms with Gasteiger partial charge in [0.25, 0.3) is 5.91 Å². The molecule has 1 aliphatic carbocycles. The Balaban J connectivity index is 1.33. The fraction of sp³-hybridized carbons (Fsp3) is 0.696. The topological polar surface area (TPSA) is 98.7 Å². The van der Waals surface area contributed by atoms with Crippen LogP contribution in [0.1, 0.15) is 52.9 Å². The summed E-state index contributed by atoms with van der Waals surface area (Å²) in [5.74, 6) is 0.765. The number of anilines is 1. The Labute approximate surface area is 189 Å². The van der Waals surface area contributed by atoms with Crippen LogP contribution in [0.5, 0.6) is 0 Å². The van der Waals surface area contributed by atoms with Crippen molar-refractivity contribution in [3.05, 3.63) is 18.5 Å². The molecule has 1 spiro atoms. The molecule has 1 saturated carbocycles. The minimum absolute atomic E-state index is 0.194. The SMILES string of the molecule is CCC(C)(C)C1CCC2(CC1)NC(=O)N(CC(=O)N1CCN(c3ncccn3)CC1)C2=O.